The molecule has 12 heteroatoms. The number of carbonyl (C=O) groups is 3. The van der Waals surface area contributed by atoms with Crippen LogP contribution in [0.3, 0.4) is 0 Å². The molecule has 4 aromatic carbocycles. The number of esters is 1. The van der Waals surface area contributed by atoms with Gasteiger partial charge in [0.25, 0.3) is 0 Å². The van der Waals surface area contributed by atoms with E-state index in [0.29, 0.717) is 52.4 Å². The second kappa shape index (κ2) is 17.3. The van der Waals surface area contributed by atoms with Gasteiger partial charge < -0.3 is 29.5 Å². The van der Waals surface area contributed by atoms with Gasteiger partial charge in [0.2, 0.25) is 11.8 Å². The molecule has 0 fully saturated rings. The Bertz CT molecular complexity index is 2620. The quantitative estimate of drug-likeness (QED) is 0.0782. The number of aromatic hydroxyl groups is 2. The number of carbonyl (C=O) groups excluding carboxylic acids is 3. The Balaban J connectivity index is 1.28. The minimum absolute atomic E-state index is 0.00545. The predicted molar refractivity (Wildman–Crippen MR) is 227 cm³/mol. The lowest BCUT2D eigenvalue weighted by Crippen LogP contribution is -2.41. The maximum atomic E-state index is 13.9. The molecule has 0 saturated carbocycles. The van der Waals surface area contributed by atoms with E-state index in [1.807, 2.05) is 72.8 Å². The molecule has 0 aliphatic carbocycles. The largest absolute Gasteiger partial charge is 0.507 e. The second-order valence-corrected chi connectivity index (χ2v) is 15.4. The lowest BCUT2D eigenvalue weighted by atomic mass is 9.78. The summed E-state index contributed by atoms with van der Waals surface area (Å²) in [5, 5.41) is 22.1. The van der Waals surface area contributed by atoms with Crippen molar-refractivity contribution in [3.8, 4) is 34.4 Å². The van der Waals surface area contributed by atoms with Gasteiger partial charge in [-0.15, -0.1) is 0 Å². The molecular formula is C47H49N5O7. The van der Waals surface area contributed by atoms with E-state index in [2.05, 4.69) is 13.2 Å². The maximum Gasteiger partial charge on any atom is 0.416 e. The molecule has 0 aliphatic heterocycles. The summed E-state index contributed by atoms with van der Waals surface area (Å²) in [6.07, 6.45) is 1.95. The molecule has 2 amide bonds. The molecule has 2 N–H and O–H groups in total. The Labute approximate surface area is 343 Å². The summed E-state index contributed by atoms with van der Waals surface area (Å²) in [4.78, 5) is 52.0. The highest BCUT2D eigenvalue weighted by Crippen LogP contribution is 2.33. The third kappa shape index (κ3) is 9.28. The van der Waals surface area contributed by atoms with E-state index < -0.39 is 17.5 Å². The molecule has 0 radical (unpaired) electrons. The first kappa shape index (κ1) is 41.7. The van der Waals surface area contributed by atoms with Gasteiger partial charge in [-0.2, -0.15) is 0 Å². The van der Waals surface area contributed by atoms with Crippen LogP contribution in [0.4, 0.5) is 4.79 Å². The summed E-state index contributed by atoms with van der Waals surface area (Å²) in [6, 6.07) is 26.7. The first-order valence-electron chi connectivity index (χ1n) is 19.2. The lowest BCUT2D eigenvalue weighted by molar-refractivity contribution is -0.132. The number of nitrogens with zero attached hydrogens (tertiary/aromatic N) is 5. The Morgan fingerprint density at radius 1 is 0.763 bits per heavy atom. The first-order chi connectivity index (χ1) is 28.0. The van der Waals surface area contributed by atoms with Gasteiger partial charge in [0.15, 0.2) is 5.65 Å². The Morgan fingerprint density at radius 2 is 1.34 bits per heavy atom. The zero-order valence-electron chi connectivity index (χ0n) is 34.3. The summed E-state index contributed by atoms with van der Waals surface area (Å²) >= 11 is 0. The topological polar surface area (TPSA) is 147 Å². The van der Waals surface area contributed by atoms with Crippen LogP contribution in [0.5, 0.6) is 23.1 Å². The number of phenolic OH excluding ortho intramolecular Hbond substituents is 2. The van der Waals surface area contributed by atoms with Crippen LogP contribution in [-0.4, -0.2) is 79.5 Å². The third-order valence-corrected chi connectivity index (χ3v) is 10.4. The van der Waals surface area contributed by atoms with Crippen molar-refractivity contribution < 1.29 is 34.1 Å². The fraction of sp³-hybridized carbons (Fsp3) is 0.255. The normalized spacial score (nSPS) is 11.4. The summed E-state index contributed by atoms with van der Waals surface area (Å²) in [7, 11) is 3.24. The van der Waals surface area contributed by atoms with Gasteiger partial charge in [-0.25, -0.2) is 14.8 Å². The van der Waals surface area contributed by atoms with E-state index in [-0.39, 0.29) is 53.2 Å². The molecule has 2 heterocycles. The van der Waals surface area contributed by atoms with Gasteiger partial charge in [0.1, 0.15) is 22.9 Å². The molecule has 0 atom stereocenters. The fourth-order valence-corrected chi connectivity index (χ4v) is 7.02. The van der Waals surface area contributed by atoms with Gasteiger partial charge in [-0.05, 0) is 42.3 Å². The van der Waals surface area contributed by atoms with Crippen LogP contribution in [0.2, 0.25) is 0 Å². The van der Waals surface area contributed by atoms with Crippen LogP contribution in [-0.2, 0) is 27.8 Å². The monoisotopic (exact) mass is 795 g/mol. The van der Waals surface area contributed by atoms with Gasteiger partial charge in [-0.1, -0.05) is 87.7 Å². The number of imidazole rings is 1. The highest BCUT2D eigenvalue weighted by atomic mass is 16.6. The number of likely N-dealkylation sites (N-methyl/N-ethyl adjacent to an activating group) is 2. The number of phenols is 2. The fourth-order valence-electron chi connectivity index (χ4n) is 7.02. The molecule has 0 spiro atoms. The van der Waals surface area contributed by atoms with Crippen LogP contribution in [0.1, 0.15) is 60.8 Å². The molecule has 0 unspecified atom stereocenters. The number of amides is 2. The smallest absolute Gasteiger partial charge is 0.416 e. The van der Waals surface area contributed by atoms with Crippen molar-refractivity contribution in [2.45, 2.75) is 52.4 Å². The van der Waals surface area contributed by atoms with Crippen molar-refractivity contribution in [2.75, 3.05) is 27.2 Å². The number of hydrogen-bond donors (Lipinski definition) is 2. The maximum absolute atomic E-state index is 13.9. The van der Waals surface area contributed by atoms with Crippen LogP contribution >= 0.6 is 0 Å². The van der Waals surface area contributed by atoms with Crippen LogP contribution in [0, 0.1) is 6.92 Å². The van der Waals surface area contributed by atoms with Gasteiger partial charge in [-0.3, -0.25) is 14.0 Å². The summed E-state index contributed by atoms with van der Waals surface area (Å²) in [6.45, 7) is 14.8. The van der Waals surface area contributed by atoms with E-state index in [4.69, 9.17) is 19.4 Å². The molecule has 304 valence electrons. The highest BCUT2D eigenvalue weighted by molar-refractivity contribution is 5.78. The van der Waals surface area contributed by atoms with E-state index in [1.165, 1.54) is 16.7 Å². The summed E-state index contributed by atoms with van der Waals surface area (Å²) in [5.41, 5.74) is 4.93. The standard InChI is InChI=1S/C47H49N5O7/c1-29-30(2)43(56)41(31(3)42(29)55)47(5,6)27-40(54)50(7)23-24-51(8)46(57)59-45-38(26-34-17-13-10-14-18-34)49-44-37(25-33-15-11-9-12-16-33)48-39(28-52(44)45)35-19-21-36(22-20-35)58-32(4)53/h9-22,28,55-56H,2-3,23-27H2,1,4-8H3. The first-order valence-corrected chi connectivity index (χ1v) is 19.2. The number of fused-ring (bicyclic) bond motifs is 1. The van der Waals surface area contributed by atoms with Crippen molar-refractivity contribution in [1.82, 2.24) is 24.2 Å². The van der Waals surface area contributed by atoms with Crippen LogP contribution in [0.15, 0.2) is 91.1 Å². The van der Waals surface area contributed by atoms with Crippen LogP contribution < -0.4 is 19.9 Å². The van der Waals surface area contributed by atoms with Gasteiger partial charge in [0.05, 0.1) is 11.4 Å². The number of hydrogen-bond acceptors (Lipinski definition) is 9. The minimum atomic E-state index is -0.898. The Morgan fingerprint density at radius 3 is 1.93 bits per heavy atom. The number of benzene rings is 4. The molecule has 59 heavy (non-hydrogen) atoms. The second-order valence-electron chi connectivity index (χ2n) is 15.4. The highest BCUT2D eigenvalue weighted by Gasteiger charge is 2.31. The van der Waals surface area contributed by atoms with Crippen molar-refractivity contribution in [3.05, 3.63) is 135 Å². The zero-order chi connectivity index (χ0) is 42.6. The Kier molecular flexibility index (Phi) is 12.2. The third-order valence-electron chi connectivity index (χ3n) is 10.4. The summed E-state index contributed by atoms with van der Waals surface area (Å²) < 4.78 is 13.2. The molecule has 6 aromatic rings. The number of ether oxygens (including phenoxy) is 2. The van der Waals surface area contributed by atoms with Crippen molar-refractivity contribution >= 4 is 36.8 Å². The molecule has 6 rings (SSSR count). The van der Waals surface area contributed by atoms with Gasteiger partial charge in [0, 0.05) is 92.1 Å². The van der Waals surface area contributed by atoms with Gasteiger partial charge >= 0.3 is 12.1 Å². The van der Waals surface area contributed by atoms with Crippen LogP contribution in [0.25, 0.3) is 30.1 Å². The van der Waals surface area contributed by atoms with E-state index in [0.717, 1.165) is 16.7 Å². The average molecular weight is 796 g/mol. The van der Waals surface area contributed by atoms with E-state index in [9.17, 15) is 24.6 Å². The predicted octanol–water partition coefficient (Wildman–Crippen LogP) is 6.30. The number of aromatic nitrogens is 3. The summed E-state index contributed by atoms with van der Waals surface area (Å²) in [5.74, 6) is -0.188. The SMILES string of the molecule is C=c1c(C)c(O)c(=C)c(C(C)(C)CC(=O)N(C)CCN(C)C(=O)Oc2c(Cc3ccccc3)nc3c(Cc4ccccc4)nc(-c4ccc(OC(C)=O)cc4)cn23)c1O. The van der Waals surface area contributed by atoms with Crippen molar-refractivity contribution in [3.63, 3.8) is 0 Å². The molecule has 0 saturated heterocycles. The zero-order valence-corrected chi connectivity index (χ0v) is 34.3. The minimum Gasteiger partial charge on any atom is -0.507 e. The molecule has 12 nitrogen and oxygen atoms in total. The number of rotatable bonds is 13. The van der Waals surface area contributed by atoms with Crippen molar-refractivity contribution in [1.29, 1.82) is 0 Å². The van der Waals surface area contributed by atoms with E-state index in [1.54, 1.807) is 57.6 Å². The molecular weight excluding hydrogens is 747 g/mol. The van der Waals surface area contributed by atoms with E-state index >= 15 is 0 Å². The van der Waals surface area contributed by atoms with Crippen molar-refractivity contribution in [2.24, 2.45) is 0 Å². The molecule has 0 aliphatic rings. The molecule has 2 aromatic heterocycles. The molecule has 0 bridgehead atoms. The lowest BCUT2D eigenvalue weighted by Gasteiger charge is -2.30. The average Bonchev–Trinajstić information content (AvgIpc) is 3.54. The Hall–Kier alpha value is -6.95.